The van der Waals surface area contributed by atoms with Gasteiger partial charge in [-0.3, -0.25) is 9.78 Å². The van der Waals surface area contributed by atoms with Gasteiger partial charge >= 0.3 is 0 Å². The molecule has 7 heteroatoms. The van der Waals surface area contributed by atoms with Crippen LogP contribution in [0.4, 0.5) is 5.69 Å². The average Bonchev–Trinajstić information content (AvgIpc) is 2.48. The number of hydrogen-bond acceptors (Lipinski definition) is 4. The highest BCUT2D eigenvalue weighted by molar-refractivity contribution is 7.89. The quantitative estimate of drug-likeness (QED) is 0.880. The number of nitrogens with one attached hydrogen (secondary N) is 2. The van der Waals surface area contributed by atoms with E-state index in [2.05, 4.69) is 15.0 Å². The van der Waals surface area contributed by atoms with Crippen molar-refractivity contribution < 1.29 is 13.2 Å². The molecule has 2 aromatic rings. The number of anilines is 1. The number of sulfonamides is 1. The summed E-state index contributed by atoms with van der Waals surface area (Å²) in [6, 6.07) is 8.36. The van der Waals surface area contributed by atoms with E-state index < -0.39 is 10.0 Å². The van der Waals surface area contributed by atoms with Crippen molar-refractivity contribution >= 4 is 21.6 Å². The second-order valence-corrected chi connectivity index (χ2v) is 6.60. The normalized spacial score (nSPS) is 11.2. The van der Waals surface area contributed by atoms with Crippen LogP contribution in [0, 0.1) is 6.92 Å². The van der Waals surface area contributed by atoms with Crippen LogP contribution >= 0.6 is 0 Å². The Labute approximate surface area is 129 Å². The molecular weight excluding hydrogens is 302 g/mol. The Bertz CT molecular complexity index is 774. The van der Waals surface area contributed by atoms with Crippen molar-refractivity contribution in [1.82, 2.24) is 9.71 Å². The van der Waals surface area contributed by atoms with Gasteiger partial charge in [0.1, 0.15) is 4.90 Å². The molecule has 1 aromatic heterocycles. The predicted molar refractivity (Wildman–Crippen MR) is 83.7 cm³/mol. The first-order valence-corrected chi connectivity index (χ1v) is 8.13. The molecule has 116 valence electrons. The molecule has 0 fully saturated rings. The Kier molecular flexibility index (Phi) is 4.89. The minimum atomic E-state index is -3.75. The number of aryl methyl sites for hydroxylation is 1. The van der Waals surface area contributed by atoms with Crippen LogP contribution in [-0.4, -0.2) is 19.3 Å². The molecule has 1 aromatic carbocycles. The van der Waals surface area contributed by atoms with E-state index >= 15 is 0 Å². The van der Waals surface area contributed by atoms with Gasteiger partial charge in [0.05, 0.1) is 5.69 Å². The number of nitrogens with zero attached hydrogens (tertiary/aromatic N) is 1. The highest BCUT2D eigenvalue weighted by Crippen LogP contribution is 2.22. The van der Waals surface area contributed by atoms with Gasteiger partial charge in [0.15, 0.2) is 0 Å². The van der Waals surface area contributed by atoms with Gasteiger partial charge in [-0.25, -0.2) is 13.1 Å². The molecule has 22 heavy (non-hydrogen) atoms. The Morgan fingerprint density at radius 3 is 2.68 bits per heavy atom. The maximum absolute atomic E-state index is 12.5. The zero-order valence-electron chi connectivity index (χ0n) is 12.3. The van der Waals surface area contributed by atoms with Crippen LogP contribution < -0.4 is 10.0 Å². The van der Waals surface area contributed by atoms with Gasteiger partial charge in [-0.1, -0.05) is 12.1 Å². The minimum Gasteiger partial charge on any atom is -0.325 e. The minimum absolute atomic E-state index is 0.0478. The fourth-order valence-electron chi connectivity index (χ4n) is 1.90. The zero-order chi connectivity index (χ0) is 16.2. The molecule has 1 amide bonds. The number of carbonyl (C=O) groups excluding carboxylic acids is 1. The first-order valence-electron chi connectivity index (χ1n) is 6.65. The van der Waals surface area contributed by atoms with Crippen LogP contribution in [-0.2, 0) is 21.4 Å². The summed E-state index contributed by atoms with van der Waals surface area (Å²) < 4.78 is 27.5. The Hall–Kier alpha value is -2.25. The second kappa shape index (κ2) is 6.67. The fourth-order valence-corrected chi connectivity index (χ4v) is 3.17. The predicted octanol–water partition coefficient (Wildman–Crippen LogP) is 1.83. The van der Waals surface area contributed by atoms with Crippen LogP contribution in [0.2, 0.25) is 0 Å². The third kappa shape index (κ3) is 4.12. The first kappa shape index (κ1) is 16.1. The van der Waals surface area contributed by atoms with Crippen molar-refractivity contribution in [3.63, 3.8) is 0 Å². The van der Waals surface area contributed by atoms with Crippen molar-refractivity contribution in [3.8, 4) is 0 Å². The third-order valence-corrected chi connectivity index (χ3v) is 4.37. The lowest BCUT2D eigenvalue weighted by Gasteiger charge is -2.12. The lowest BCUT2D eigenvalue weighted by molar-refractivity contribution is -0.114. The summed E-state index contributed by atoms with van der Waals surface area (Å²) >= 11 is 0. The highest BCUT2D eigenvalue weighted by atomic mass is 32.2. The second-order valence-electron chi connectivity index (χ2n) is 4.87. The maximum atomic E-state index is 12.5. The summed E-state index contributed by atoms with van der Waals surface area (Å²) in [6.07, 6.45) is 3.21. The van der Waals surface area contributed by atoms with Crippen molar-refractivity contribution in [2.45, 2.75) is 25.3 Å². The molecule has 1 heterocycles. The number of hydrogen-bond donors (Lipinski definition) is 2. The lowest BCUT2D eigenvalue weighted by atomic mass is 10.2. The van der Waals surface area contributed by atoms with Gasteiger partial charge in [-0.2, -0.15) is 0 Å². The van der Waals surface area contributed by atoms with Crippen LogP contribution in [0.1, 0.15) is 18.1 Å². The molecule has 0 aliphatic heterocycles. The Balaban J connectivity index is 2.28. The molecule has 6 nitrogen and oxygen atoms in total. The van der Waals surface area contributed by atoms with E-state index in [0.717, 1.165) is 11.1 Å². The fraction of sp³-hybridized carbons (Fsp3) is 0.200. The average molecular weight is 319 g/mol. The molecule has 0 atom stereocenters. The van der Waals surface area contributed by atoms with Crippen molar-refractivity contribution in [2.75, 3.05) is 5.32 Å². The number of benzene rings is 1. The summed E-state index contributed by atoms with van der Waals surface area (Å²) in [6.45, 7) is 3.25. The van der Waals surface area contributed by atoms with Crippen LogP contribution in [0.5, 0.6) is 0 Å². The van der Waals surface area contributed by atoms with Crippen LogP contribution in [0.3, 0.4) is 0 Å². The van der Waals surface area contributed by atoms with E-state index in [1.54, 1.807) is 43.6 Å². The summed E-state index contributed by atoms with van der Waals surface area (Å²) in [5.41, 5.74) is 1.80. The number of carbonyl (C=O) groups is 1. The van der Waals surface area contributed by atoms with E-state index in [0.29, 0.717) is 0 Å². The topological polar surface area (TPSA) is 88.2 Å². The molecule has 0 saturated heterocycles. The van der Waals surface area contributed by atoms with Crippen LogP contribution in [0.25, 0.3) is 0 Å². The van der Waals surface area contributed by atoms with Gasteiger partial charge in [-0.15, -0.1) is 0 Å². The van der Waals surface area contributed by atoms with Crippen LogP contribution in [0.15, 0.2) is 47.6 Å². The van der Waals surface area contributed by atoms with E-state index in [1.807, 2.05) is 0 Å². The zero-order valence-corrected chi connectivity index (χ0v) is 13.1. The SMILES string of the molecule is CC(=O)Nc1ccc(C)cc1S(=O)(=O)NCc1cccnc1. The number of rotatable bonds is 5. The largest absolute Gasteiger partial charge is 0.325 e. The van der Waals surface area contributed by atoms with Crippen molar-refractivity contribution in [2.24, 2.45) is 0 Å². The monoisotopic (exact) mass is 319 g/mol. The molecule has 2 rings (SSSR count). The highest BCUT2D eigenvalue weighted by Gasteiger charge is 2.19. The van der Waals surface area contributed by atoms with E-state index in [4.69, 9.17) is 0 Å². The molecule has 0 spiro atoms. The molecule has 0 aliphatic rings. The van der Waals surface area contributed by atoms with E-state index in [9.17, 15) is 13.2 Å². The van der Waals surface area contributed by atoms with Crippen molar-refractivity contribution in [3.05, 3.63) is 53.9 Å². The van der Waals surface area contributed by atoms with Gasteiger partial charge < -0.3 is 5.32 Å². The summed E-state index contributed by atoms with van der Waals surface area (Å²) in [5.74, 6) is -0.326. The van der Waals surface area contributed by atoms with Gasteiger partial charge in [0, 0.05) is 25.9 Å². The maximum Gasteiger partial charge on any atom is 0.242 e. The molecular formula is C15H17N3O3S. The smallest absolute Gasteiger partial charge is 0.242 e. The summed E-state index contributed by atoms with van der Waals surface area (Å²) in [7, 11) is -3.75. The lowest BCUT2D eigenvalue weighted by Crippen LogP contribution is -2.25. The number of amides is 1. The van der Waals surface area contributed by atoms with Gasteiger partial charge in [0.2, 0.25) is 15.9 Å². The molecule has 0 saturated carbocycles. The van der Waals surface area contributed by atoms with Crippen molar-refractivity contribution in [1.29, 1.82) is 0 Å². The molecule has 0 bridgehead atoms. The molecule has 0 radical (unpaired) electrons. The molecule has 2 N–H and O–H groups in total. The number of aromatic nitrogens is 1. The Morgan fingerprint density at radius 1 is 1.27 bits per heavy atom. The van der Waals surface area contributed by atoms with Gasteiger partial charge in [0.25, 0.3) is 0 Å². The summed E-state index contributed by atoms with van der Waals surface area (Å²) in [4.78, 5) is 15.2. The molecule has 0 aliphatic carbocycles. The third-order valence-electron chi connectivity index (χ3n) is 2.93. The summed E-state index contributed by atoms with van der Waals surface area (Å²) in [5, 5.41) is 2.53. The van der Waals surface area contributed by atoms with E-state index in [-0.39, 0.29) is 23.0 Å². The first-order chi connectivity index (χ1) is 10.4. The van der Waals surface area contributed by atoms with Gasteiger partial charge in [-0.05, 0) is 36.2 Å². The molecule has 0 unspecified atom stereocenters. The number of pyridine rings is 1. The standard InChI is InChI=1S/C15H17N3O3S/c1-11-5-6-14(18-12(2)19)15(8-11)22(20,21)17-10-13-4-3-7-16-9-13/h3-9,17H,10H2,1-2H3,(H,18,19). The van der Waals surface area contributed by atoms with E-state index in [1.165, 1.54) is 13.0 Å². The Morgan fingerprint density at radius 2 is 2.05 bits per heavy atom.